The zero-order valence-corrected chi connectivity index (χ0v) is 15.5. The Kier molecular flexibility index (Phi) is 14.5. The van der Waals surface area contributed by atoms with Crippen LogP contribution in [0, 0.1) is 5.41 Å². The highest BCUT2D eigenvalue weighted by molar-refractivity contribution is 14.0. The highest BCUT2D eigenvalue weighted by atomic mass is 127. The number of ether oxygens (including phenoxy) is 1. The molecule has 0 aliphatic heterocycles. The van der Waals surface area contributed by atoms with Crippen molar-refractivity contribution >= 4 is 29.9 Å². The lowest BCUT2D eigenvalue weighted by molar-refractivity contribution is 0.203. The molecule has 0 unspecified atom stereocenters. The summed E-state index contributed by atoms with van der Waals surface area (Å²) in [7, 11) is 3.50. The maximum Gasteiger partial charge on any atom is 0.191 e. The zero-order chi connectivity index (χ0) is 13.9. The lowest BCUT2D eigenvalue weighted by Gasteiger charge is -2.26. The predicted molar refractivity (Wildman–Crippen MR) is 94.6 cm³/mol. The monoisotopic (exact) mass is 385 g/mol. The molecule has 0 saturated carbocycles. The quantitative estimate of drug-likeness (QED) is 0.278. The van der Waals surface area contributed by atoms with Gasteiger partial charge in [0.15, 0.2) is 5.96 Å². The summed E-state index contributed by atoms with van der Waals surface area (Å²) >= 11 is 0. The minimum Gasteiger partial charge on any atom is -0.383 e. The maximum absolute atomic E-state index is 5.00. The van der Waals surface area contributed by atoms with Gasteiger partial charge in [-0.1, -0.05) is 40.0 Å². The van der Waals surface area contributed by atoms with E-state index in [1.54, 1.807) is 14.2 Å². The van der Waals surface area contributed by atoms with Crippen molar-refractivity contribution in [1.29, 1.82) is 0 Å². The first-order chi connectivity index (χ1) is 8.55. The first-order valence-corrected chi connectivity index (χ1v) is 6.99. The van der Waals surface area contributed by atoms with Crippen LogP contribution in [0.15, 0.2) is 4.99 Å². The molecule has 0 spiro atoms. The molecule has 0 rings (SSSR count). The van der Waals surface area contributed by atoms with Gasteiger partial charge in [0.05, 0.1) is 6.61 Å². The van der Waals surface area contributed by atoms with Crippen LogP contribution in [0.1, 0.15) is 46.5 Å². The fraction of sp³-hybridized carbons (Fsp3) is 0.929. The molecule has 116 valence electrons. The number of hydrogen-bond acceptors (Lipinski definition) is 2. The van der Waals surface area contributed by atoms with E-state index >= 15 is 0 Å². The van der Waals surface area contributed by atoms with Gasteiger partial charge in [-0.15, -0.1) is 24.0 Å². The summed E-state index contributed by atoms with van der Waals surface area (Å²) in [6, 6.07) is 0. The largest absolute Gasteiger partial charge is 0.383 e. The van der Waals surface area contributed by atoms with Gasteiger partial charge in [-0.25, -0.2) is 0 Å². The summed E-state index contributed by atoms with van der Waals surface area (Å²) in [5.74, 6) is 0.857. The fourth-order valence-corrected chi connectivity index (χ4v) is 1.76. The molecule has 2 N–H and O–H groups in total. The van der Waals surface area contributed by atoms with E-state index in [-0.39, 0.29) is 24.0 Å². The Hall–Kier alpha value is -0.0400. The number of halogens is 1. The maximum atomic E-state index is 5.00. The van der Waals surface area contributed by atoms with Crippen molar-refractivity contribution in [2.24, 2.45) is 10.4 Å². The van der Waals surface area contributed by atoms with Crippen LogP contribution in [0.25, 0.3) is 0 Å². The van der Waals surface area contributed by atoms with Gasteiger partial charge in [0.25, 0.3) is 0 Å². The Labute approximate surface area is 136 Å². The second-order valence-corrected chi connectivity index (χ2v) is 5.47. The molecule has 0 aliphatic rings. The van der Waals surface area contributed by atoms with Crippen molar-refractivity contribution in [1.82, 2.24) is 10.6 Å². The van der Waals surface area contributed by atoms with Crippen molar-refractivity contribution < 1.29 is 4.74 Å². The summed E-state index contributed by atoms with van der Waals surface area (Å²) in [6.45, 7) is 9.28. The lowest BCUT2D eigenvalue weighted by Crippen LogP contribution is -2.43. The van der Waals surface area contributed by atoms with E-state index in [1.165, 1.54) is 25.7 Å². The van der Waals surface area contributed by atoms with E-state index in [2.05, 4.69) is 36.4 Å². The molecule has 0 aromatic carbocycles. The number of methoxy groups -OCH3 is 1. The Bertz CT molecular complexity index is 233. The second kappa shape index (κ2) is 13.0. The van der Waals surface area contributed by atoms with Gasteiger partial charge in [0.2, 0.25) is 0 Å². The Morgan fingerprint density at radius 2 is 1.89 bits per heavy atom. The third-order valence-electron chi connectivity index (χ3n) is 3.01. The van der Waals surface area contributed by atoms with Crippen LogP contribution in [0.4, 0.5) is 0 Å². The van der Waals surface area contributed by atoms with Gasteiger partial charge in [-0.3, -0.25) is 4.99 Å². The lowest BCUT2D eigenvalue weighted by atomic mass is 9.87. The summed E-state index contributed by atoms with van der Waals surface area (Å²) in [4.78, 5) is 4.20. The molecular weight excluding hydrogens is 353 g/mol. The first-order valence-electron chi connectivity index (χ1n) is 6.99. The van der Waals surface area contributed by atoms with Crippen molar-refractivity contribution in [2.45, 2.75) is 46.5 Å². The molecule has 0 atom stereocenters. The molecule has 0 fully saturated rings. The second-order valence-electron chi connectivity index (χ2n) is 5.47. The summed E-state index contributed by atoms with van der Waals surface area (Å²) in [5, 5.41) is 6.60. The molecule has 0 aromatic heterocycles. The number of nitrogens with zero attached hydrogens (tertiary/aromatic N) is 1. The van der Waals surface area contributed by atoms with Crippen LogP contribution in [-0.2, 0) is 4.74 Å². The molecule has 0 amide bonds. The molecule has 0 bridgehead atoms. The molecule has 0 saturated heterocycles. The van der Waals surface area contributed by atoms with Crippen molar-refractivity contribution in [3.63, 3.8) is 0 Å². The van der Waals surface area contributed by atoms with Crippen molar-refractivity contribution in [3.05, 3.63) is 0 Å². The average molecular weight is 385 g/mol. The third-order valence-corrected chi connectivity index (χ3v) is 3.01. The molecular formula is C14H32IN3O. The van der Waals surface area contributed by atoms with E-state index in [0.717, 1.165) is 19.0 Å². The number of nitrogens with one attached hydrogen (secondary N) is 2. The molecule has 5 heteroatoms. The molecule has 0 aromatic rings. The third kappa shape index (κ3) is 12.7. The SMILES string of the molecule is CCCCCC(C)(C)CNC(=NC)NCCOC.I. The zero-order valence-electron chi connectivity index (χ0n) is 13.2. The van der Waals surface area contributed by atoms with Crippen LogP contribution < -0.4 is 10.6 Å². The van der Waals surface area contributed by atoms with Gasteiger partial charge in [-0.05, 0) is 11.8 Å². The van der Waals surface area contributed by atoms with Crippen LogP contribution >= 0.6 is 24.0 Å². The molecule has 0 heterocycles. The highest BCUT2D eigenvalue weighted by Gasteiger charge is 2.17. The summed E-state index contributed by atoms with van der Waals surface area (Å²) in [6.07, 6.45) is 5.16. The van der Waals surface area contributed by atoms with Gasteiger partial charge < -0.3 is 15.4 Å². The van der Waals surface area contributed by atoms with Crippen LogP contribution in [-0.4, -0.2) is 39.8 Å². The summed E-state index contributed by atoms with van der Waals surface area (Å²) < 4.78 is 5.00. The molecule has 4 nitrogen and oxygen atoms in total. The Morgan fingerprint density at radius 3 is 2.42 bits per heavy atom. The molecule has 0 radical (unpaired) electrons. The predicted octanol–water partition coefficient (Wildman–Crippen LogP) is 3.02. The highest BCUT2D eigenvalue weighted by Crippen LogP contribution is 2.22. The van der Waals surface area contributed by atoms with Crippen LogP contribution in [0.3, 0.4) is 0 Å². The molecule has 0 aliphatic carbocycles. The number of rotatable bonds is 9. The van der Waals surface area contributed by atoms with Crippen molar-refractivity contribution in [3.8, 4) is 0 Å². The fourth-order valence-electron chi connectivity index (χ4n) is 1.76. The van der Waals surface area contributed by atoms with Gasteiger partial charge in [-0.2, -0.15) is 0 Å². The standard InChI is InChI=1S/C14H31N3O.HI/c1-6-7-8-9-14(2,3)12-17-13(15-4)16-10-11-18-5;/h6-12H2,1-5H3,(H2,15,16,17);1H. The van der Waals surface area contributed by atoms with Gasteiger partial charge in [0.1, 0.15) is 0 Å². The van der Waals surface area contributed by atoms with E-state index < -0.39 is 0 Å². The van der Waals surface area contributed by atoms with Crippen molar-refractivity contribution in [2.75, 3.05) is 33.9 Å². The topological polar surface area (TPSA) is 45.7 Å². The normalized spacial score (nSPS) is 11.9. The smallest absolute Gasteiger partial charge is 0.191 e. The Morgan fingerprint density at radius 1 is 1.21 bits per heavy atom. The van der Waals surface area contributed by atoms with E-state index in [4.69, 9.17) is 4.74 Å². The van der Waals surface area contributed by atoms with Crippen LogP contribution in [0.5, 0.6) is 0 Å². The minimum atomic E-state index is 0. The van der Waals surface area contributed by atoms with E-state index in [1.807, 2.05) is 0 Å². The number of hydrogen-bond donors (Lipinski definition) is 2. The summed E-state index contributed by atoms with van der Waals surface area (Å²) in [5.41, 5.74) is 0.314. The number of aliphatic imine (C=N–C) groups is 1. The Balaban J connectivity index is 0. The minimum absolute atomic E-state index is 0. The van der Waals surface area contributed by atoms with Gasteiger partial charge >= 0.3 is 0 Å². The number of unbranched alkanes of at least 4 members (excludes halogenated alkanes) is 2. The van der Waals surface area contributed by atoms with E-state index in [9.17, 15) is 0 Å². The number of guanidine groups is 1. The first kappa shape index (κ1) is 21.3. The van der Waals surface area contributed by atoms with Gasteiger partial charge in [0, 0.05) is 27.2 Å². The van der Waals surface area contributed by atoms with Crippen LogP contribution in [0.2, 0.25) is 0 Å². The molecule has 19 heavy (non-hydrogen) atoms. The average Bonchev–Trinajstić information content (AvgIpc) is 2.34. The van der Waals surface area contributed by atoms with E-state index in [0.29, 0.717) is 12.0 Å².